The third-order valence-corrected chi connectivity index (χ3v) is 3.44. The zero-order valence-corrected chi connectivity index (χ0v) is 7.51. The molecule has 3 N–H and O–H groups in total. The topological polar surface area (TPSA) is 104 Å². The molecule has 0 fully saturated rings. The van der Waals surface area contributed by atoms with Gasteiger partial charge < -0.3 is 14.7 Å². The second kappa shape index (κ2) is 3.14. The molecule has 0 aromatic heterocycles. The SMILES string of the molecule is CC(F)(F)P(=O)(O)OP(=O)(O)O. The fourth-order valence-corrected chi connectivity index (χ4v) is 1.94. The van der Waals surface area contributed by atoms with Crippen molar-refractivity contribution in [2.45, 2.75) is 12.6 Å². The van der Waals surface area contributed by atoms with Crippen LogP contribution in [-0.2, 0) is 13.4 Å². The van der Waals surface area contributed by atoms with Gasteiger partial charge in [0, 0.05) is 6.92 Å². The van der Waals surface area contributed by atoms with Gasteiger partial charge in [-0.15, -0.1) is 0 Å². The molecule has 0 bridgehead atoms. The molecule has 74 valence electrons. The van der Waals surface area contributed by atoms with Gasteiger partial charge in [0.2, 0.25) is 0 Å². The average molecular weight is 226 g/mol. The highest BCUT2D eigenvalue weighted by atomic mass is 31.3. The van der Waals surface area contributed by atoms with Crippen molar-refractivity contribution in [1.82, 2.24) is 0 Å². The van der Waals surface area contributed by atoms with Gasteiger partial charge in [0.1, 0.15) is 0 Å². The number of phosphoric acid groups is 1. The molecule has 1 atom stereocenters. The van der Waals surface area contributed by atoms with E-state index in [2.05, 4.69) is 4.31 Å². The van der Waals surface area contributed by atoms with E-state index in [1.54, 1.807) is 0 Å². The van der Waals surface area contributed by atoms with Gasteiger partial charge in [0.15, 0.2) is 0 Å². The lowest BCUT2D eigenvalue weighted by Crippen LogP contribution is -2.11. The second-order valence-electron chi connectivity index (χ2n) is 1.93. The molecule has 12 heavy (non-hydrogen) atoms. The normalized spacial score (nSPS) is 18.8. The fraction of sp³-hybridized carbons (Fsp3) is 1.00. The molecular formula is C2H6F2O6P2. The van der Waals surface area contributed by atoms with Gasteiger partial charge in [-0.1, -0.05) is 0 Å². The number of rotatable bonds is 3. The molecule has 0 heterocycles. The molecule has 6 nitrogen and oxygen atoms in total. The minimum atomic E-state index is -5.59. The van der Waals surface area contributed by atoms with Crippen molar-refractivity contribution in [3.8, 4) is 0 Å². The van der Waals surface area contributed by atoms with Crippen LogP contribution in [-0.4, -0.2) is 20.3 Å². The van der Waals surface area contributed by atoms with Crippen molar-refractivity contribution >= 4 is 15.4 Å². The first-order valence-electron chi connectivity index (χ1n) is 2.43. The minimum absolute atomic E-state index is 0.0173. The fourth-order valence-electron chi connectivity index (χ4n) is 0.216. The van der Waals surface area contributed by atoms with Gasteiger partial charge in [0.05, 0.1) is 0 Å². The van der Waals surface area contributed by atoms with E-state index in [1.165, 1.54) is 0 Å². The lowest BCUT2D eigenvalue weighted by molar-refractivity contribution is 0.0767. The predicted molar refractivity (Wildman–Crippen MR) is 33.6 cm³/mol. The first kappa shape index (κ1) is 12.2. The molecule has 0 aliphatic heterocycles. The van der Waals surface area contributed by atoms with Crippen molar-refractivity contribution in [3.63, 3.8) is 0 Å². The van der Waals surface area contributed by atoms with E-state index >= 15 is 0 Å². The van der Waals surface area contributed by atoms with Crippen LogP contribution in [0.5, 0.6) is 0 Å². The molecule has 0 radical (unpaired) electrons. The lowest BCUT2D eigenvalue weighted by Gasteiger charge is -2.17. The Hall–Kier alpha value is 0.160. The number of alkyl halides is 2. The van der Waals surface area contributed by atoms with Crippen LogP contribution in [0.15, 0.2) is 0 Å². The number of hydrogen-bond acceptors (Lipinski definition) is 3. The molecule has 1 unspecified atom stereocenters. The van der Waals surface area contributed by atoms with Crippen LogP contribution < -0.4 is 0 Å². The van der Waals surface area contributed by atoms with Crippen molar-refractivity contribution in [3.05, 3.63) is 0 Å². The molecule has 0 aliphatic carbocycles. The standard InChI is InChI=1S/C2H6F2O6P2/c1-2(3,4)11(5,6)10-12(7,8)9/h1H3,(H,5,6)(H2,7,8,9). The Labute approximate surface area is 65.9 Å². The van der Waals surface area contributed by atoms with E-state index in [4.69, 9.17) is 14.7 Å². The molecule has 0 spiro atoms. The Morgan fingerprint density at radius 3 is 1.67 bits per heavy atom. The van der Waals surface area contributed by atoms with Crippen LogP contribution in [0, 0.1) is 0 Å². The highest BCUT2D eigenvalue weighted by Crippen LogP contribution is 2.65. The summed E-state index contributed by atoms with van der Waals surface area (Å²) in [4.78, 5) is 24.2. The summed E-state index contributed by atoms with van der Waals surface area (Å²) in [6, 6.07) is 0. The number of hydrogen-bond donors (Lipinski definition) is 3. The summed E-state index contributed by atoms with van der Waals surface area (Å²) in [7, 11) is -11.0. The van der Waals surface area contributed by atoms with Gasteiger partial charge in [-0.05, 0) is 0 Å². The van der Waals surface area contributed by atoms with Crippen molar-refractivity contribution in [2.75, 3.05) is 0 Å². The summed E-state index contributed by atoms with van der Waals surface area (Å²) < 4.78 is 47.4. The largest absolute Gasteiger partial charge is 0.477 e. The van der Waals surface area contributed by atoms with Crippen LogP contribution in [0.25, 0.3) is 0 Å². The van der Waals surface area contributed by atoms with Crippen LogP contribution in [0.4, 0.5) is 8.78 Å². The van der Waals surface area contributed by atoms with Gasteiger partial charge in [-0.25, -0.2) is 8.88 Å². The smallest absolute Gasteiger partial charge is 0.320 e. The summed E-state index contributed by atoms with van der Waals surface area (Å²) in [5.74, 6) is 0. The predicted octanol–water partition coefficient (Wildman–Crippen LogP) is 0.894. The highest BCUT2D eigenvalue weighted by Gasteiger charge is 2.50. The molecule has 0 rings (SSSR count). The monoisotopic (exact) mass is 226 g/mol. The maximum Gasteiger partial charge on any atom is 0.477 e. The molecule has 0 saturated heterocycles. The van der Waals surface area contributed by atoms with Gasteiger partial charge in [-0.2, -0.15) is 8.78 Å². The highest BCUT2D eigenvalue weighted by molar-refractivity contribution is 7.64. The second-order valence-corrected chi connectivity index (χ2v) is 5.40. The summed E-state index contributed by atoms with van der Waals surface area (Å²) in [5, 5.41) is 0. The van der Waals surface area contributed by atoms with Gasteiger partial charge in [0.25, 0.3) is 0 Å². The molecular weight excluding hydrogens is 220 g/mol. The van der Waals surface area contributed by atoms with Gasteiger partial charge in [-0.3, -0.25) is 4.57 Å². The Morgan fingerprint density at radius 1 is 1.25 bits per heavy atom. The van der Waals surface area contributed by atoms with Crippen molar-refractivity contribution in [2.24, 2.45) is 0 Å². The third kappa shape index (κ3) is 3.71. The summed E-state index contributed by atoms with van der Waals surface area (Å²) in [6.07, 6.45) is 0. The van der Waals surface area contributed by atoms with Crippen LogP contribution in [0.1, 0.15) is 6.92 Å². The Kier molecular flexibility index (Phi) is 3.18. The van der Waals surface area contributed by atoms with E-state index in [-0.39, 0.29) is 6.92 Å². The zero-order chi connectivity index (χ0) is 10.2. The van der Waals surface area contributed by atoms with Crippen LogP contribution >= 0.6 is 15.4 Å². The van der Waals surface area contributed by atoms with E-state index in [0.29, 0.717) is 0 Å². The lowest BCUT2D eigenvalue weighted by atomic mass is 10.9. The van der Waals surface area contributed by atoms with Crippen molar-refractivity contribution < 1.29 is 36.9 Å². The summed E-state index contributed by atoms with van der Waals surface area (Å²) in [5.41, 5.74) is -4.20. The maximum atomic E-state index is 12.0. The Balaban J connectivity index is 4.69. The van der Waals surface area contributed by atoms with Gasteiger partial charge >= 0.3 is 21.1 Å². The first-order valence-corrected chi connectivity index (χ1v) is 5.54. The molecule has 0 saturated carbocycles. The van der Waals surface area contributed by atoms with E-state index in [9.17, 15) is 17.9 Å². The maximum absolute atomic E-state index is 12.0. The quantitative estimate of drug-likeness (QED) is 0.617. The van der Waals surface area contributed by atoms with E-state index < -0.39 is 21.1 Å². The van der Waals surface area contributed by atoms with E-state index in [1.807, 2.05) is 0 Å². The summed E-state index contributed by atoms with van der Waals surface area (Å²) >= 11 is 0. The Bertz CT molecular complexity index is 251. The average Bonchev–Trinajstić information content (AvgIpc) is 1.52. The molecule has 0 aromatic rings. The molecule has 0 aliphatic rings. The molecule has 10 heteroatoms. The van der Waals surface area contributed by atoms with Crippen molar-refractivity contribution in [1.29, 1.82) is 0 Å². The minimum Gasteiger partial charge on any atom is -0.320 e. The summed E-state index contributed by atoms with van der Waals surface area (Å²) in [6.45, 7) is 0.0173. The van der Waals surface area contributed by atoms with E-state index in [0.717, 1.165) is 0 Å². The third-order valence-electron chi connectivity index (χ3n) is 0.713. The van der Waals surface area contributed by atoms with Crippen LogP contribution in [0.3, 0.4) is 0 Å². The zero-order valence-electron chi connectivity index (χ0n) is 5.72. The Morgan fingerprint density at radius 2 is 1.58 bits per heavy atom. The first-order chi connectivity index (χ1) is 4.96. The number of halogens is 2. The molecule has 0 aromatic carbocycles. The molecule has 0 amide bonds. The van der Waals surface area contributed by atoms with Crippen LogP contribution in [0.2, 0.25) is 0 Å².